The van der Waals surface area contributed by atoms with E-state index in [0.717, 1.165) is 18.5 Å². The highest BCUT2D eigenvalue weighted by Crippen LogP contribution is 2.26. The molecule has 7 heteroatoms. The fraction of sp³-hybridized carbons (Fsp3) is 0.368. The Kier molecular flexibility index (Phi) is 6.83. The van der Waals surface area contributed by atoms with Crippen LogP contribution >= 0.6 is 11.6 Å². The first-order valence-electron chi connectivity index (χ1n) is 8.47. The first-order valence-corrected chi connectivity index (χ1v) is 9.23. The Balaban J connectivity index is 0.00000117. The van der Waals surface area contributed by atoms with E-state index in [2.05, 4.69) is 70.0 Å². The molecule has 0 aliphatic rings. The molecule has 0 fully saturated rings. The van der Waals surface area contributed by atoms with Crippen molar-refractivity contribution in [1.82, 2.24) is 20.3 Å². The molecule has 3 aromatic rings. The van der Waals surface area contributed by atoms with E-state index in [1.807, 2.05) is 12.3 Å². The molecule has 3 rings (SSSR count). The lowest BCUT2D eigenvalue weighted by Crippen LogP contribution is -2.25. The number of anilines is 1. The number of halogens is 1. The number of aromatic nitrogens is 3. The largest absolute Gasteiger partial charge is 0.369 e. The average Bonchev–Trinajstić information content (AvgIpc) is 3.04. The van der Waals surface area contributed by atoms with E-state index in [-0.39, 0.29) is 16.9 Å². The number of nitrogens with two attached hydrogens (primary N) is 1. The van der Waals surface area contributed by atoms with Crippen molar-refractivity contribution in [1.29, 1.82) is 0 Å². The van der Waals surface area contributed by atoms with Crippen LogP contribution in [-0.4, -0.2) is 27.9 Å². The van der Waals surface area contributed by atoms with Gasteiger partial charge in [-0.25, -0.2) is 0 Å². The van der Waals surface area contributed by atoms with Crippen LogP contribution < -0.4 is 16.6 Å². The Morgan fingerprint density at radius 1 is 1.23 bits per heavy atom. The van der Waals surface area contributed by atoms with E-state index in [1.54, 1.807) is 0 Å². The number of aromatic amines is 2. The molecule has 6 nitrogen and oxygen atoms in total. The number of benzene rings is 1. The fourth-order valence-electron chi connectivity index (χ4n) is 2.92. The van der Waals surface area contributed by atoms with Crippen molar-refractivity contribution in [2.24, 2.45) is 0 Å². The molecular weight excluding hydrogens is 350 g/mol. The molecule has 0 aliphatic carbocycles. The van der Waals surface area contributed by atoms with Gasteiger partial charge in [0.05, 0.1) is 5.39 Å². The van der Waals surface area contributed by atoms with Crippen LogP contribution in [0.5, 0.6) is 0 Å². The monoisotopic (exact) mass is 375 g/mol. The van der Waals surface area contributed by atoms with E-state index in [9.17, 15) is 4.79 Å². The van der Waals surface area contributed by atoms with Crippen molar-refractivity contribution in [2.75, 3.05) is 18.7 Å². The number of H-pyrrole nitrogens is 2. The van der Waals surface area contributed by atoms with Gasteiger partial charge in [0.2, 0.25) is 5.95 Å². The van der Waals surface area contributed by atoms with Gasteiger partial charge in [0.1, 0.15) is 5.65 Å². The van der Waals surface area contributed by atoms with Crippen LogP contribution in [0.3, 0.4) is 0 Å². The number of fused-ring (bicyclic) bond motifs is 1. The number of hydrogen-bond donors (Lipinski definition) is 4. The molecule has 0 amide bonds. The Labute approximate surface area is 158 Å². The van der Waals surface area contributed by atoms with Crippen molar-refractivity contribution in [2.45, 2.75) is 32.2 Å². The van der Waals surface area contributed by atoms with Crippen LogP contribution in [0.25, 0.3) is 11.0 Å². The van der Waals surface area contributed by atoms with Gasteiger partial charge in [-0.15, -0.1) is 11.6 Å². The Morgan fingerprint density at radius 3 is 2.62 bits per heavy atom. The summed E-state index contributed by atoms with van der Waals surface area (Å²) in [6.45, 7) is 5.95. The molecule has 0 spiro atoms. The predicted molar refractivity (Wildman–Crippen MR) is 109 cm³/mol. The number of rotatable bonds is 6. The predicted octanol–water partition coefficient (Wildman–Crippen LogP) is 3.15. The molecule has 0 atom stereocenters. The summed E-state index contributed by atoms with van der Waals surface area (Å²) in [7, 11) is 0. The lowest BCUT2D eigenvalue weighted by molar-refractivity contribution is 0.457. The molecule has 0 radical (unpaired) electrons. The third-order valence-electron chi connectivity index (χ3n) is 4.44. The average molecular weight is 376 g/mol. The lowest BCUT2D eigenvalue weighted by atomic mass is 9.81. The van der Waals surface area contributed by atoms with Crippen LogP contribution in [0.1, 0.15) is 31.4 Å². The van der Waals surface area contributed by atoms with Gasteiger partial charge in [0, 0.05) is 19.1 Å². The van der Waals surface area contributed by atoms with Gasteiger partial charge in [0.25, 0.3) is 5.56 Å². The molecule has 0 saturated carbocycles. The van der Waals surface area contributed by atoms with Crippen molar-refractivity contribution < 1.29 is 0 Å². The molecule has 0 bridgehead atoms. The number of nitrogens with zero attached hydrogens (tertiary/aromatic N) is 1. The Hall–Kier alpha value is -2.31. The first-order chi connectivity index (χ1) is 12.5. The van der Waals surface area contributed by atoms with Crippen LogP contribution in [0, 0.1) is 0 Å². The van der Waals surface area contributed by atoms with Crippen LogP contribution in [0.4, 0.5) is 5.95 Å². The van der Waals surface area contributed by atoms with Gasteiger partial charge in [-0.1, -0.05) is 44.2 Å². The smallest absolute Gasteiger partial charge is 0.262 e. The van der Waals surface area contributed by atoms with E-state index in [1.165, 1.54) is 11.9 Å². The minimum absolute atomic E-state index is 0.0992. The van der Waals surface area contributed by atoms with E-state index < -0.39 is 0 Å². The zero-order chi connectivity index (χ0) is 19.2. The molecule has 2 heterocycles. The summed E-state index contributed by atoms with van der Waals surface area (Å²) in [4.78, 5) is 21.7. The van der Waals surface area contributed by atoms with E-state index in [4.69, 9.17) is 5.73 Å². The molecular formula is C19H26ClN5O. The van der Waals surface area contributed by atoms with Gasteiger partial charge in [0.15, 0.2) is 0 Å². The fourth-order valence-corrected chi connectivity index (χ4v) is 2.92. The molecule has 26 heavy (non-hydrogen) atoms. The second kappa shape index (κ2) is 8.87. The molecule has 140 valence electrons. The van der Waals surface area contributed by atoms with Gasteiger partial charge in [-0.3, -0.25) is 9.78 Å². The summed E-state index contributed by atoms with van der Waals surface area (Å²) in [6.07, 6.45) is 4.28. The first kappa shape index (κ1) is 20.0. The summed E-state index contributed by atoms with van der Waals surface area (Å²) in [5.41, 5.74) is 8.20. The van der Waals surface area contributed by atoms with Gasteiger partial charge >= 0.3 is 0 Å². The zero-order valence-electron chi connectivity index (χ0n) is 15.4. The summed E-state index contributed by atoms with van der Waals surface area (Å²) < 4.78 is 0. The molecule has 2 aromatic heterocycles. The van der Waals surface area contributed by atoms with Crippen LogP contribution in [-0.2, 0) is 12.0 Å². The maximum Gasteiger partial charge on any atom is 0.262 e. The highest BCUT2D eigenvalue weighted by atomic mass is 35.5. The second-order valence-electron chi connectivity index (χ2n) is 6.67. The third kappa shape index (κ3) is 4.65. The summed E-state index contributed by atoms with van der Waals surface area (Å²) in [5, 5.41) is 3.98. The molecule has 1 aromatic carbocycles. The zero-order valence-corrected chi connectivity index (χ0v) is 16.2. The van der Waals surface area contributed by atoms with Gasteiger partial charge in [-0.05, 0) is 29.5 Å². The lowest BCUT2D eigenvalue weighted by Gasteiger charge is -2.25. The van der Waals surface area contributed by atoms with Crippen molar-refractivity contribution in [3.63, 3.8) is 0 Å². The highest BCUT2D eigenvalue weighted by Gasteiger charge is 2.19. The van der Waals surface area contributed by atoms with Gasteiger partial charge < -0.3 is 16.0 Å². The molecule has 0 unspecified atom stereocenters. The number of alkyl halides is 1. The maximum absolute atomic E-state index is 12.0. The van der Waals surface area contributed by atoms with E-state index in [0.29, 0.717) is 17.6 Å². The van der Waals surface area contributed by atoms with E-state index >= 15 is 0 Å². The van der Waals surface area contributed by atoms with Crippen molar-refractivity contribution in [3.05, 3.63) is 58.0 Å². The van der Waals surface area contributed by atoms with Crippen LogP contribution in [0.2, 0.25) is 0 Å². The SMILES string of the molecule is CC(C)(CCNCc1c[nH]c2nc(N)[nH]c(=O)c12)c1ccccc1.CCl. The maximum atomic E-state index is 12.0. The van der Waals surface area contributed by atoms with Crippen molar-refractivity contribution in [3.8, 4) is 0 Å². The molecule has 0 aliphatic heterocycles. The second-order valence-corrected chi connectivity index (χ2v) is 6.67. The molecule has 5 N–H and O–H groups in total. The highest BCUT2D eigenvalue weighted by molar-refractivity contribution is 6.15. The standard InChI is InChI=1S/C18H23N5O.CH3Cl/c1-18(2,13-6-4-3-5-7-13)8-9-20-10-12-11-21-15-14(12)16(24)23-17(19)22-15;1-2/h3-7,11,20H,8-10H2,1-2H3,(H4,19,21,22,23,24);1H3. The third-order valence-corrected chi connectivity index (χ3v) is 4.44. The number of hydrogen-bond acceptors (Lipinski definition) is 4. The van der Waals surface area contributed by atoms with Crippen molar-refractivity contribution >= 4 is 28.6 Å². The minimum atomic E-state index is -0.208. The summed E-state index contributed by atoms with van der Waals surface area (Å²) >= 11 is 4.64. The summed E-state index contributed by atoms with van der Waals surface area (Å²) in [5.74, 6) is 0.124. The minimum Gasteiger partial charge on any atom is -0.369 e. The number of nitrogen functional groups attached to an aromatic ring is 1. The molecule has 0 saturated heterocycles. The normalized spacial score (nSPS) is 11.2. The summed E-state index contributed by atoms with van der Waals surface area (Å²) in [6, 6.07) is 10.5. The quantitative estimate of drug-likeness (QED) is 0.393. The Bertz CT molecular complexity index is 886. The van der Waals surface area contributed by atoms with Gasteiger partial charge in [-0.2, -0.15) is 4.98 Å². The topological polar surface area (TPSA) is 99.6 Å². The number of nitrogens with one attached hydrogen (secondary N) is 3. The van der Waals surface area contributed by atoms with Crippen LogP contribution in [0.15, 0.2) is 41.3 Å². The Morgan fingerprint density at radius 2 is 1.92 bits per heavy atom.